The number of nitrogen functional groups attached to an aromatic ring is 1. The van der Waals surface area contributed by atoms with Gasteiger partial charge in [-0.3, -0.25) is 0 Å². The Balaban J connectivity index is 2.13. The number of ether oxygens (including phenoxy) is 1. The summed E-state index contributed by atoms with van der Waals surface area (Å²) in [4.78, 5) is 16.4. The van der Waals surface area contributed by atoms with Crippen LogP contribution < -0.4 is 10.5 Å². The molecule has 0 fully saturated rings. The first-order valence-corrected chi connectivity index (χ1v) is 7.09. The number of carboxylic acid groups (broad SMARTS) is 1. The average molecular weight is 313 g/mol. The molecule has 0 saturated carbocycles. The second kappa shape index (κ2) is 6.11. The van der Waals surface area contributed by atoms with Crippen molar-refractivity contribution in [1.82, 2.24) is 4.98 Å². The van der Waals surface area contributed by atoms with E-state index in [2.05, 4.69) is 4.98 Å². The Bertz CT molecular complexity index is 643. The molecule has 0 bridgehead atoms. The number of aromatic carboxylic acids is 1. The second-order valence-electron chi connectivity index (χ2n) is 4.14. The first-order chi connectivity index (χ1) is 9.49. The number of aryl methyl sites for hydroxylation is 1. The number of thiazole rings is 1. The third kappa shape index (κ3) is 3.20. The fourth-order valence-electron chi connectivity index (χ4n) is 1.73. The molecule has 2 aromatic rings. The van der Waals surface area contributed by atoms with Crippen molar-refractivity contribution in [2.24, 2.45) is 0 Å². The van der Waals surface area contributed by atoms with Crippen molar-refractivity contribution < 1.29 is 14.6 Å². The standard InChI is InChI=1S/C13H13ClN2O3S/c1-7-11(20-6-16-7)2-3-19-12-9(13(17)18)4-8(15)5-10(12)14/h4-6H,2-3,15H2,1H3,(H,17,18). The van der Waals surface area contributed by atoms with Gasteiger partial charge in [0.25, 0.3) is 0 Å². The van der Waals surface area contributed by atoms with Gasteiger partial charge in [0.15, 0.2) is 5.75 Å². The van der Waals surface area contributed by atoms with Gasteiger partial charge in [-0.2, -0.15) is 0 Å². The molecule has 0 spiro atoms. The molecule has 7 heteroatoms. The number of carbonyl (C=O) groups is 1. The average Bonchev–Trinajstić information content (AvgIpc) is 2.77. The van der Waals surface area contributed by atoms with Crippen LogP contribution in [0.4, 0.5) is 5.69 Å². The zero-order chi connectivity index (χ0) is 14.7. The van der Waals surface area contributed by atoms with Gasteiger partial charge in [-0.25, -0.2) is 9.78 Å². The Morgan fingerprint density at radius 3 is 2.90 bits per heavy atom. The molecule has 0 aliphatic heterocycles. The number of rotatable bonds is 5. The Morgan fingerprint density at radius 1 is 1.55 bits per heavy atom. The zero-order valence-corrected chi connectivity index (χ0v) is 12.3. The van der Waals surface area contributed by atoms with Crippen molar-refractivity contribution in [3.8, 4) is 5.75 Å². The van der Waals surface area contributed by atoms with E-state index in [4.69, 9.17) is 27.2 Å². The summed E-state index contributed by atoms with van der Waals surface area (Å²) in [5.41, 5.74) is 8.57. The highest BCUT2D eigenvalue weighted by atomic mass is 35.5. The lowest BCUT2D eigenvalue weighted by molar-refractivity contribution is 0.0692. The van der Waals surface area contributed by atoms with Crippen molar-refractivity contribution in [1.29, 1.82) is 0 Å². The van der Waals surface area contributed by atoms with Gasteiger partial charge in [0.1, 0.15) is 5.56 Å². The fourth-order valence-corrected chi connectivity index (χ4v) is 2.78. The Kier molecular flexibility index (Phi) is 4.46. The van der Waals surface area contributed by atoms with E-state index in [0.29, 0.717) is 13.0 Å². The summed E-state index contributed by atoms with van der Waals surface area (Å²) in [6, 6.07) is 2.81. The summed E-state index contributed by atoms with van der Waals surface area (Å²) in [7, 11) is 0. The molecule has 1 heterocycles. The number of nitrogens with zero attached hydrogens (tertiary/aromatic N) is 1. The van der Waals surface area contributed by atoms with E-state index < -0.39 is 5.97 Å². The molecule has 0 unspecified atom stereocenters. The van der Waals surface area contributed by atoms with Crippen LogP contribution in [0.3, 0.4) is 0 Å². The maximum atomic E-state index is 11.2. The SMILES string of the molecule is Cc1ncsc1CCOc1c(Cl)cc(N)cc1C(=O)O. The van der Waals surface area contributed by atoms with E-state index in [1.54, 1.807) is 16.8 Å². The summed E-state index contributed by atoms with van der Waals surface area (Å²) in [5, 5.41) is 9.34. The first kappa shape index (κ1) is 14.6. The Morgan fingerprint density at radius 2 is 2.30 bits per heavy atom. The molecule has 0 radical (unpaired) electrons. The quantitative estimate of drug-likeness (QED) is 0.829. The highest BCUT2D eigenvalue weighted by Crippen LogP contribution is 2.31. The maximum Gasteiger partial charge on any atom is 0.339 e. The largest absolute Gasteiger partial charge is 0.491 e. The van der Waals surface area contributed by atoms with Crippen LogP contribution >= 0.6 is 22.9 Å². The van der Waals surface area contributed by atoms with Crippen molar-refractivity contribution in [3.05, 3.63) is 38.8 Å². The van der Waals surface area contributed by atoms with Crippen LogP contribution in [0.5, 0.6) is 5.75 Å². The number of hydrogen-bond acceptors (Lipinski definition) is 5. The van der Waals surface area contributed by atoms with Crippen molar-refractivity contribution in [2.45, 2.75) is 13.3 Å². The smallest absolute Gasteiger partial charge is 0.339 e. The molecular formula is C13H13ClN2O3S. The number of nitrogens with two attached hydrogens (primary N) is 1. The van der Waals surface area contributed by atoms with Crippen molar-refractivity contribution >= 4 is 34.6 Å². The number of aromatic nitrogens is 1. The van der Waals surface area contributed by atoms with Crippen LogP contribution in [0.25, 0.3) is 0 Å². The van der Waals surface area contributed by atoms with Gasteiger partial charge in [0, 0.05) is 17.0 Å². The Hall–Kier alpha value is -1.79. The van der Waals surface area contributed by atoms with Crippen LogP contribution in [0.15, 0.2) is 17.6 Å². The molecule has 0 saturated heterocycles. The molecule has 0 aliphatic rings. The minimum Gasteiger partial charge on any atom is -0.491 e. The third-order valence-corrected chi connectivity index (χ3v) is 3.99. The minimum atomic E-state index is -1.12. The van der Waals surface area contributed by atoms with E-state index in [0.717, 1.165) is 10.6 Å². The lowest BCUT2D eigenvalue weighted by Gasteiger charge is -2.11. The van der Waals surface area contributed by atoms with Crippen molar-refractivity contribution in [3.63, 3.8) is 0 Å². The van der Waals surface area contributed by atoms with Gasteiger partial charge in [-0.1, -0.05) is 11.6 Å². The predicted octanol–water partition coefficient (Wildman–Crippen LogP) is 3.01. The molecule has 106 valence electrons. The highest BCUT2D eigenvalue weighted by molar-refractivity contribution is 7.09. The van der Waals surface area contributed by atoms with E-state index in [9.17, 15) is 4.79 Å². The highest BCUT2D eigenvalue weighted by Gasteiger charge is 2.16. The molecular weight excluding hydrogens is 300 g/mol. The number of carboxylic acids is 1. The van der Waals surface area contributed by atoms with Crippen LogP contribution in [-0.2, 0) is 6.42 Å². The van der Waals surface area contributed by atoms with Gasteiger partial charge in [0.2, 0.25) is 0 Å². The molecule has 2 rings (SSSR count). The zero-order valence-electron chi connectivity index (χ0n) is 10.7. The van der Waals surface area contributed by atoms with Crippen LogP contribution in [0.2, 0.25) is 5.02 Å². The molecule has 1 aromatic heterocycles. The number of benzene rings is 1. The molecule has 0 atom stereocenters. The van der Waals surface area contributed by atoms with E-state index in [-0.39, 0.29) is 22.0 Å². The summed E-state index contributed by atoms with van der Waals surface area (Å²) in [5.74, 6) is -0.973. The molecule has 5 nitrogen and oxygen atoms in total. The van der Waals surface area contributed by atoms with Gasteiger partial charge < -0.3 is 15.6 Å². The van der Waals surface area contributed by atoms with E-state index >= 15 is 0 Å². The third-order valence-electron chi connectivity index (χ3n) is 2.72. The maximum absolute atomic E-state index is 11.2. The molecule has 3 N–H and O–H groups in total. The summed E-state index contributed by atoms with van der Waals surface area (Å²) in [6.07, 6.45) is 0.649. The summed E-state index contributed by atoms with van der Waals surface area (Å²) < 4.78 is 5.52. The fraction of sp³-hybridized carbons (Fsp3) is 0.231. The van der Waals surface area contributed by atoms with Gasteiger partial charge >= 0.3 is 5.97 Å². The van der Waals surface area contributed by atoms with Gasteiger partial charge in [-0.05, 0) is 19.1 Å². The number of halogens is 1. The summed E-state index contributed by atoms with van der Waals surface area (Å²) >= 11 is 7.53. The molecule has 0 aliphatic carbocycles. The lowest BCUT2D eigenvalue weighted by atomic mass is 10.2. The normalized spacial score (nSPS) is 10.5. The monoisotopic (exact) mass is 312 g/mol. The number of hydrogen-bond donors (Lipinski definition) is 2. The number of anilines is 1. The van der Waals surface area contributed by atoms with Crippen LogP contribution in [0, 0.1) is 6.92 Å². The molecule has 20 heavy (non-hydrogen) atoms. The summed E-state index contributed by atoms with van der Waals surface area (Å²) in [6.45, 7) is 2.25. The van der Waals surface area contributed by atoms with Gasteiger partial charge in [0.05, 0.1) is 22.8 Å². The topological polar surface area (TPSA) is 85.4 Å². The van der Waals surface area contributed by atoms with Crippen molar-refractivity contribution in [2.75, 3.05) is 12.3 Å². The van der Waals surface area contributed by atoms with E-state index in [1.807, 2.05) is 6.92 Å². The Labute approximate surface area is 125 Å². The van der Waals surface area contributed by atoms with E-state index in [1.165, 1.54) is 12.1 Å². The second-order valence-corrected chi connectivity index (χ2v) is 5.49. The predicted molar refractivity (Wildman–Crippen MR) is 78.9 cm³/mol. The van der Waals surface area contributed by atoms with Crippen LogP contribution in [0.1, 0.15) is 20.9 Å². The van der Waals surface area contributed by atoms with Gasteiger partial charge in [-0.15, -0.1) is 11.3 Å². The minimum absolute atomic E-state index is 0.0315. The first-order valence-electron chi connectivity index (χ1n) is 5.83. The van der Waals surface area contributed by atoms with Crippen LogP contribution in [-0.4, -0.2) is 22.7 Å². The molecule has 1 aromatic carbocycles. The molecule has 0 amide bonds. The lowest BCUT2D eigenvalue weighted by Crippen LogP contribution is -2.07.